The van der Waals surface area contributed by atoms with Crippen molar-refractivity contribution >= 4 is 28.8 Å². The average molecular weight is 402 g/mol. The molecule has 1 unspecified atom stereocenters. The van der Waals surface area contributed by atoms with Crippen LogP contribution < -0.4 is 5.32 Å². The first kappa shape index (κ1) is 18.2. The van der Waals surface area contributed by atoms with Crippen molar-refractivity contribution in [2.24, 2.45) is 0 Å². The molecule has 3 aromatic rings. The van der Waals surface area contributed by atoms with Gasteiger partial charge in [-0.25, -0.2) is 0 Å². The van der Waals surface area contributed by atoms with Gasteiger partial charge in [-0.2, -0.15) is 0 Å². The minimum Gasteiger partial charge on any atom is -0.355 e. The highest BCUT2D eigenvalue weighted by molar-refractivity contribution is 7.13. The Hall–Kier alpha value is -2.15. The number of hydrogen-bond acceptors (Lipinski definition) is 5. The van der Waals surface area contributed by atoms with Crippen LogP contribution in [0.15, 0.2) is 52.4 Å². The molecule has 1 aliphatic heterocycles. The molecular formula is C20H20ClN3O2S. The molecular weight excluding hydrogens is 382 g/mol. The van der Waals surface area contributed by atoms with E-state index in [0.29, 0.717) is 23.0 Å². The molecule has 1 fully saturated rings. The Morgan fingerprint density at radius 2 is 2.04 bits per heavy atom. The Bertz CT molecular complexity index is 886. The van der Waals surface area contributed by atoms with Crippen LogP contribution in [0, 0.1) is 0 Å². The first-order chi connectivity index (χ1) is 13.2. The summed E-state index contributed by atoms with van der Waals surface area (Å²) in [5.74, 6) is 0.392. The molecule has 7 heteroatoms. The third-order valence-corrected chi connectivity index (χ3v) is 5.94. The number of nitrogens with zero attached hydrogens (tertiary/aromatic N) is 2. The summed E-state index contributed by atoms with van der Waals surface area (Å²) in [6, 6.07) is 13.5. The molecule has 1 atom stereocenters. The van der Waals surface area contributed by atoms with Crippen LogP contribution in [-0.2, 0) is 0 Å². The number of carbonyl (C=O) groups is 1. The Morgan fingerprint density at radius 1 is 1.26 bits per heavy atom. The monoisotopic (exact) mass is 401 g/mol. The summed E-state index contributed by atoms with van der Waals surface area (Å²) in [6.07, 6.45) is 2.37. The van der Waals surface area contributed by atoms with E-state index in [0.717, 1.165) is 23.5 Å². The van der Waals surface area contributed by atoms with E-state index in [4.69, 9.17) is 16.1 Å². The van der Waals surface area contributed by atoms with Crippen LogP contribution in [0.5, 0.6) is 0 Å². The van der Waals surface area contributed by atoms with Crippen molar-refractivity contribution in [1.82, 2.24) is 15.4 Å². The van der Waals surface area contributed by atoms with Crippen LogP contribution in [0.2, 0.25) is 5.02 Å². The van der Waals surface area contributed by atoms with Gasteiger partial charge in [-0.05, 0) is 55.1 Å². The van der Waals surface area contributed by atoms with Gasteiger partial charge in [0.1, 0.15) is 0 Å². The maximum Gasteiger partial charge on any atom is 0.273 e. The van der Waals surface area contributed by atoms with Crippen molar-refractivity contribution in [3.8, 4) is 10.6 Å². The van der Waals surface area contributed by atoms with Crippen LogP contribution >= 0.6 is 22.9 Å². The SMILES string of the molecule is O=C(NCC(c1ccc(Cl)cc1)N1CCCC1)c1cc(-c2cccs2)on1. The van der Waals surface area contributed by atoms with Crippen LogP contribution in [0.25, 0.3) is 10.6 Å². The highest BCUT2D eigenvalue weighted by Crippen LogP contribution is 2.27. The number of aromatic nitrogens is 1. The highest BCUT2D eigenvalue weighted by Gasteiger charge is 2.24. The summed E-state index contributed by atoms with van der Waals surface area (Å²) in [5, 5.41) is 9.61. The molecule has 0 radical (unpaired) electrons. The van der Waals surface area contributed by atoms with Gasteiger partial charge in [-0.3, -0.25) is 9.69 Å². The molecule has 1 saturated heterocycles. The number of nitrogens with one attached hydrogen (secondary N) is 1. The van der Waals surface area contributed by atoms with E-state index in [1.165, 1.54) is 12.8 Å². The smallest absolute Gasteiger partial charge is 0.273 e. The summed E-state index contributed by atoms with van der Waals surface area (Å²) < 4.78 is 5.31. The molecule has 140 valence electrons. The average Bonchev–Trinajstić information content (AvgIpc) is 3.44. The van der Waals surface area contributed by atoms with Crippen LogP contribution in [0.4, 0.5) is 0 Å². The Morgan fingerprint density at radius 3 is 2.74 bits per heavy atom. The third-order valence-electron chi connectivity index (χ3n) is 4.80. The van der Waals surface area contributed by atoms with Crippen LogP contribution in [0.1, 0.15) is 34.9 Å². The van der Waals surface area contributed by atoms with Gasteiger partial charge in [0.2, 0.25) is 0 Å². The van der Waals surface area contributed by atoms with Crippen LogP contribution in [0.3, 0.4) is 0 Å². The van der Waals surface area contributed by atoms with Crippen molar-refractivity contribution in [3.05, 3.63) is 64.1 Å². The fourth-order valence-electron chi connectivity index (χ4n) is 3.39. The van der Waals surface area contributed by atoms with Gasteiger partial charge < -0.3 is 9.84 Å². The number of thiophene rings is 1. The maximum atomic E-state index is 12.6. The van der Waals surface area contributed by atoms with Gasteiger partial charge >= 0.3 is 0 Å². The van der Waals surface area contributed by atoms with E-state index < -0.39 is 0 Å². The summed E-state index contributed by atoms with van der Waals surface area (Å²) >= 11 is 7.58. The molecule has 2 aromatic heterocycles. The molecule has 0 bridgehead atoms. The quantitative estimate of drug-likeness (QED) is 0.654. The molecule has 1 N–H and O–H groups in total. The number of carbonyl (C=O) groups excluding carboxylic acids is 1. The number of benzene rings is 1. The normalized spacial score (nSPS) is 15.7. The lowest BCUT2D eigenvalue weighted by atomic mass is 10.1. The highest BCUT2D eigenvalue weighted by atomic mass is 35.5. The van der Waals surface area contributed by atoms with Crippen LogP contribution in [-0.4, -0.2) is 35.6 Å². The van der Waals surface area contributed by atoms with E-state index >= 15 is 0 Å². The van der Waals surface area contributed by atoms with Gasteiger partial charge in [0.05, 0.1) is 10.9 Å². The second-order valence-corrected chi connectivity index (χ2v) is 7.96. The van der Waals surface area contributed by atoms with E-state index in [9.17, 15) is 4.79 Å². The first-order valence-corrected chi connectivity index (χ1v) is 10.2. The molecule has 0 spiro atoms. The molecule has 1 amide bonds. The van der Waals surface area contributed by atoms with Crippen molar-refractivity contribution in [2.45, 2.75) is 18.9 Å². The minimum atomic E-state index is -0.222. The Balaban J connectivity index is 1.45. The molecule has 5 nitrogen and oxygen atoms in total. The number of halogens is 1. The molecule has 1 aliphatic rings. The zero-order chi connectivity index (χ0) is 18.6. The van der Waals surface area contributed by atoms with Crippen molar-refractivity contribution in [1.29, 1.82) is 0 Å². The van der Waals surface area contributed by atoms with E-state index in [1.54, 1.807) is 17.4 Å². The number of amides is 1. The fraction of sp³-hybridized carbons (Fsp3) is 0.300. The van der Waals surface area contributed by atoms with E-state index in [-0.39, 0.29) is 11.9 Å². The summed E-state index contributed by atoms with van der Waals surface area (Å²) in [4.78, 5) is 15.9. The lowest BCUT2D eigenvalue weighted by molar-refractivity contribution is 0.0929. The standard InChI is InChI=1S/C20H20ClN3O2S/c21-15-7-5-14(6-8-15)17(24-9-1-2-10-24)13-22-20(25)16-12-18(26-23-16)19-4-3-11-27-19/h3-8,11-12,17H,1-2,9-10,13H2,(H,22,25). The summed E-state index contributed by atoms with van der Waals surface area (Å²) in [7, 11) is 0. The zero-order valence-electron chi connectivity index (χ0n) is 14.7. The van der Waals surface area contributed by atoms with Gasteiger partial charge in [0.15, 0.2) is 11.5 Å². The molecule has 3 heterocycles. The number of likely N-dealkylation sites (tertiary alicyclic amines) is 1. The zero-order valence-corrected chi connectivity index (χ0v) is 16.3. The van der Waals surface area contributed by atoms with E-state index in [1.807, 2.05) is 41.8 Å². The predicted octanol–water partition coefficient (Wildman–Crippen LogP) is 4.62. The molecule has 0 aliphatic carbocycles. The minimum absolute atomic E-state index is 0.123. The molecule has 0 saturated carbocycles. The Kier molecular flexibility index (Phi) is 5.57. The lowest BCUT2D eigenvalue weighted by Gasteiger charge is -2.28. The Labute approximate surface area is 166 Å². The first-order valence-electron chi connectivity index (χ1n) is 8.99. The van der Waals surface area contributed by atoms with Crippen molar-refractivity contribution in [2.75, 3.05) is 19.6 Å². The largest absolute Gasteiger partial charge is 0.355 e. The van der Waals surface area contributed by atoms with Crippen molar-refractivity contribution in [3.63, 3.8) is 0 Å². The fourth-order valence-corrected chi connectivity index (χ4v) is 4.19. The van der Waals surface area contributed by atoms with Gasteiger partial charge in [-0.1, -0.05) is 35.0 Å². The second-order valence-electron chi connectivity index (χ2n) is 6.57. The molecule has 1 aromatic carbocycles. The summed E-state index contributed by atoms with van der Waals surface area (Å²) in [5.41, 5.74) is 1.45. The third kappa shape index (κ3) is 4.24. The van der Waals surface area contributed by atoms with Gasteiger partial charge in [0, 0.05) is 17.6 Å². The van der Waals surface area contributed by atoms with Gasteiger partial charge in [-0.15, -0.1) is 11.3 Å². The van der Waals surface area contributed by atoms with Gasteiger partial charge in [0.25, 0.3) is 5.91 Å². The molecule has 27 heavy (non-hydrogen) atoms. The molecule has 4 rings (SSSR count). The van der Waals surface area contributed by atoms with Crippen molar-refractivity contribution < 1.29 is 9.32 Å². The predicted molar refractivity (Wildman–Crippen MR) is 107 cm³/mol. The van der Waals surface area contributed by atoms with E-state index in [2.05, 4.69) is 15.4 Å². The lowest BCUT2D eigenvalue weighted by Crippen LogP contribution is -2.36. The maximum absolute atomic E-state index is 12.6. The summed E-state index contributed by atoms with van der Waals surface area (Å²) in [6.45, 7) is 2.59. The number of rotatable bonds is 6. The topological polar surface area (TPSA) is 58.4 Å². The second kappa shape index (κ2) is 8.25. The number of hydrogen-bond donors (Lipinski definition) is 1.